The van der Waals surface area contributed by atoms with E-state index in [9.17, 15) is 4.79 Å². The Labute approximate surface area is 81.7 Å². The second kappa shape index (κ2) is 4.89. The number of carbonyl (C=O) groups is 1. The first-order chi connectivity index (χ1) is 6.22. The maximum Gasteiger partial charge on any atom is 0.244 e. The average Bonchev–Trinajstić information content (AvgIpc) is 2.16. The highest BCUT2D eigenvalue weighted by Crippen LogP contribution is 2.17. The van der Waals surface area contributed by atoms with Gasteiger partial charge in [0.05, 0.1) is 5.75 Å². The average molecular weight is 196 g/mol. The zero-order valence-corrected chi connectivity index (χ0v) is 8.23. The van der Waals surface area contributed by atoms with Gasteiger partial charge in [-0.15, -0.1) is 11.8 Å². The number of nitrogens with one attached hydrogen (secondary N) is 1. The first-order valence-corrected chi connectivity index (χ1v) is 4.90. The second-order valence-electron chi connectivity index (χ2n) is 2.67. The molecular weight excluding hydrogens is 184 g/mol. The van der Waals surface area contributed by atoms with Crippen LogP contribution in [0.5, 0.6) is 0 Å². The molecule has 0 bridgehead atoms. The predicted octanol–water partition coefficient (Wildman–Crippen LogP) is 1.08. The van der Waals surface area contributed by atoms with Crippen molar-refractivity contribution in [2.75, 3.05) is 5.75 Å². The van der Waals surface area contributed by atoms with Crippen molar-refractivity contribution < 1.29 is 4.79 Å². The molecule has 0 saturated carbocycles. The molecule has 0 aliphatic rings. The Morgan fingerprint density at radius 3 is 2.62 bits per heavy atom. The molecule has 1 aromatic rings. The minimum Gasteiger partial charge on any atom is -0.294 e. The Bertz CT molecular complexity index is 284. The molecule has 0 unspecified atom stereocenters. The number of hydrazine groups is 1. The third-order valence-electron chi connectivity index (χ3n) is 1.55. The Morgan fingerprint density at radius 2 is 2.08 bits per heavy atom. The highest BCUT2D eigenvalue weighted by Gasteiger charge is 1.99. The van der Waals surface area contributed by atoms with Gasteiger partial charge in [0.15, 0.2) is 0 Å². The van der Waals surface area contributed by atoms with E-state index in [1.807, 2.05) is 31.2 Å². The van der Waals surface area contributed by atoms with Crippen molar-refractivity contribution in [2.45, 2.75) is 11.8 Å². The molecule has 0 heterocycles. The molecule has 0 atom stereocenters. The molecule has 1 rings (SSSR count). The number of hydrogen-bond donors (Lipinski definition) is 2. The number of nitrogens with two attached hydrogens (primary N) is 1. The van der Waals surface area contributed by atoms with E-state index in [-0.39, 0.29) is 5.91 Å². The third kappa shape index (κ3) is 3.48. The number of carbonyl (C=O) groups excluding carboxylic acids is 1. The summed E-state index contributed by atoms with van der Waals surface area (Å²) in [4.78, 5) is 11.9. The summed E-state index contributed by atoms with van der Waals surface area (Å²) in [5.74, 6) is 5.15. The van der Waals surface area contributed by atoms with E-state index in [0.29, 0.717) is 5.75 Å². The van der Waals surface area contributed by atoms with Crippen molar-refractivity contribution in [1.82, 2.24) is 5.43 Å². The van der Waals surface area contributed by atoms with Crippen LogP contribution in [-0.2, 0) is 4.79 Å². The van der Waals surface area contributed by atoms with E-state index in [4.69, 9.17) is 5.84 Å². The maximum absolute atomic E-state index is 10.8. The van der Waals surface area contributed by atoms with Gasteiger partial charge in [-0.3, -0.25) is 10.2 Å². The highest BCUT2D eigenvalue weighted by atomic mass is 32.2. The zero-order valence-electron chi connectivity index (χ0n) is 7.41. The third-order valence-corrected chi connectivity index (χ3v) is 2.56. The Balaban J connectivity index is 2.46. The van der Waals surface area contributed by atoms with Crippen LogP contribution < -0.4 is 11.3 Å². The number of benzene rings is 1. The van der Waals surface area contributed by atoms with Crippen molar-refractivity contribution in [3.8, 4) is 0 Å². The van der Waals surface area contributed by atoms with Crippen LogP contribution in [0.3, 0.4) is 0 Å². The van der Waals surface area contributed by atoms with Crippen molar-refractivity contribution in [1.29, 1.82) is 0 Å². The summed E-state index contributed by atoms with van der Waals surface area (Å²) in [7, 11) is 0. The summed E-state index contributed by atoms with van der Waals surface area (Å²) in [6, 6.07) is 8.01. The first-order valence-electron chi connectivity index (χ1n) is 3.91. The number of amides is 1. The molecular formula is C9H12N2OS. The molecule has 70 valence electrons. The maximum atomic E-state index is 10.8. The highest BCUT2D eigenvalue weighted by molar-refractivity contribution is 8.00. The molecule has 13 heavy (non-hydrogen) atoms. The predicted molar refractivity (Wildman–Crippen MR) is 54.2 cm³/mol. The van der Waals surface area contributed by atoms with Crippen LogP contribution in [-0.4, -0.2) is 11.7 Å². The van der Waals surface area contributed by atoms with Gasteiger partial charge in [-0.25, -0.2) is 5.84 Å². The van der Waals surface area contributed by atoms with Gasteiger partial charge < -0.3 is 0 Å². The Hall–Kier alpha value is -1.00. The molecule has 0 saturated heterocycles. The number of rotatable bonds is 3. The monoisotopic (exact) mass is 196 g/mol. The number of thioether (sulfide) groups is 1. The van der Waals surface area contributed by atoms with Gasteiger partial charge >= 0.3 is 0 Å². The van der Waals surface area contributed by atoms with Gasteiger partial charge in [-0.2, -0.15) is 0 Å². The lowest BCUT2D eigenvalue weighted by Gasteiger charge is -2.00. The summed E-state index contributed by atoms with van der Waals surface area (Å²) < 4.78 is 0. The molecule has 0 fully saturated rings. The van der Waals surface area contributed by atoms with Gasteiger partial charge in [0.25, 0.3) is 0 Å². The van der Waals surface area contributed by atoms with Crippen molar-refractivity contribution in [3.05, 3.63) is 29.8 Å². The first kappa shape index (κ1) is 10.1. The quantitative estimate of drug-likeness (QED) is 0.329. The van der Waals surface area contributed by atoms with E-state index in [2.05, 4.69) is 5.43 Å². The zero-order chi connectivity index (χ0) is 9.68. The number of aryl methyl sites for hydroxylation is 1. The fourth-order valence-corrected chi connectivity index (χ4v) is 1.53. The fraction of sp³-hybridized carbons (Fsp3) is 0.222. The Morgan fingerprint density at radius 1 is 1.46 bits per heavy atom. The lowest BCUT2D eigenvalue weighted by molar-refractivity contribution is -0.118. The normalized spacial score (nSPS) is 9.69. The van der Waals surface area contributed by atoms with Crippen LogP contribution >= 0.6 is 11.8 Å². The fourth-order valence-electron chi connectivity index (χ4n) is 0.825. The van der Waals surface area contributed by atoms with E-state index in [1.165, 1.54) is 17.3 Å². The molecule has 1 aromatic carbocycles. The molecule has 3 N–H and O–H groups in total. The van der Waals surface area contributed by atoms with Crippen LogP contribution in [0.25, 0.3) is 0 Å². The van der Waals surface area contributed by atoms with E-state index >= 15 is 0 Å². The standard InChI is InChI=1S/C9H12N2OS/c1-7-2-4-8(5-3-7)13-6-9(12)11-10/h2-5H,6,10H2,1H3,(H,11,12). The lowest BCUT2D eigenvalue weighted by atomic mass is 10.2. The van der Waals surface area contributed by atoms with Crippen LogP contribution in [0.1, 0.15) is 5.56 Å². The van der Waals surface area contributed by atoms with Gasteiger partial charge in [-0.1, -0.05) is 17.7 Å². The number of hydrogen-bond acceptors (Lipinski definition) is 3. The second-order valence-corrected chi connectivity index (χ2v) is 3.72. The van der Waals surface area contributed by atoms with Crippen LogP contribution in [0.4, 0.5) is 0 Å². The molecule has 0 radical (unpaired) electrons. The SMILES string of the molecule is Cc1ccc(SCC(=O)NN)cc1. The minimum atomic E-state index is -0.162. The Kier molecular flexibility index (Phi) is 3.79. The van der Waals surface area contributed by atoms with Gasteiger partial charge in [0.1, 0.15) is 0 Å². The molecule has 4 heteroatoms. The summed E-state index contributed by atoms with van der Waals surface area (Å²) in [5.41, 5.74) is 3.30. The van der Waals surface area contributed by atoms with Gasteiger partial charge in [0.2, 0.25) is 5.91 Å². The molecule has 0 aliphatic heterocycles. The van der Waals surface area contributed by atoms with Crippen molar-refractivity contribution in [3.63, 3.8) is 0 Å². The van der Waals surface area contributed by atoms with Crippen LogP contribution in [0.2, 0.25) is 0 Å². The smallest absolute Gasteiger partial charge is 0.244 e. The molecule has 0 aliphatic carbocycles. The van der Waals surface area contributed by atoms with E-state index in [1.54, 1.807) is 0 Å². The largest absolute Gasteiger partial charge is 0.294 e. The summed E-state index contributed by atoms with van der Waals surface area (Å²) in [6.07, 6.45) is 0. The van der Waals surface area contributed by atoms with Gasteiger partial charge in [-0.05, 0) is 19.1 Å². The minimum absolute atomic E-state index is 0.162. The van der Waals surface area contributed by atoms with Crippen LogP contribution in [0.15, 0.2) is 29.2 Å². The van der Waals surface area contributed by atoms with Gasteiger partial charge in [0, 0.05) is 4.90 Å². The van der Waals surface area contributed by atoms with Crippen LogP contribution in [0, 0.1) is 6.92 Å². The lowest BCUT2D eigenvalue weighted by Crippen LogP contribution is -2.31. The molecule has 0 spiro atoms. The van der Waals surface area contributed by atoms with Crippen molar-refractivity contribution in [2.24, 2.45) is 5.84 Å². The van der Waals surface area contributed by atoms with Crippen molar-refractivity contribution >= 4 is 17.7 Å². The van der Waals surface area contributed by atoms with E-state index in [0.717, 1.165) is 4.90 Å². The van der Waals surface area contributed by atoms with E-state index < -0.39 is 0 Å². The molecule has 0 aromatic heterocycles. The summed E-state index contributed by atoms with van der Waals surface area (Å²) in [5, 5.41) is 0. The summed E-state index contributed by atoms with van der Waals surface area (Å²) in [6.45, 7) is 2.03. The summed E-state index contributed by atoms with van der Waals surface area (Å²) >= 11 is 1.47. The topological polar surface area (TPSA) is 55.1 Å². The molecule has 1 amide bonds. The molecule has 3 nitrogen and oxygen atoms in total.